The zero-order valence-electron chi connectivity index (χ0n) is 7.78. The highest BCUT2D eigenvalue weighted by Gasteiger charge is 2.18. The average molecular weight is 207 g/mol. The molecule has 78 valence electrons. The highest BCUT2D eigenvalue weighted by Crippen LogP contribution is 2.03. The molecular formula is C8H9N5O2. The molecule has 1 aromatic heterocycles. The number of aromatic amines is 1. The molecule has 15 heavy (non-hydrogen) atoms. The van der Waals surface area contributed by atoms with Gasteiger partial charge in [-0.1, -0.05) is 0 Å². The first-order valence-electron chi connectivity index (χ1n) is 4.42. The molecule has 2 heterocycles. The number of hydrazone groups is 1. The predicted molar refractivity (Wildman–Crippen MR) is 52.0 cm³/mol. The number of rotatable bonds is 2. The minimum atomic E-state index is -0.334. The molecule has 0 aromatic carbocycles. The molecule has 2 amide bonds. The van der Waals surface area contributed by atoms with Crippen LogP contribution in [0.1, 0.15) is 12.8 Å². The van der Waals surface area contributed by atoms with Gasteiger partial charge < -0.3 is 5.32 Å². The van der Waals surface area contributed by atoms with Crippen molar-refractivity contribution in [3.8, 4) is 0 Å². The average Bonchev–Trinajstić information content (AvgIpc) is 2.71. The van der Waals surface area contributed by atoms with Crippen LogP contribution in [0.15, 0.2) is 17.4 Å². The third kappa shape index (κ3) is 2.19. The normalized spacial score (nSPS) is 15.5. The van der Waals surface area contributed by atoms with Crippen LogP contribution in [0, 0.1) is 0 Å². The third-order valence-electron chi connectivity index (χ3n) is 1.92. The maximum Gasteiger partial charge on any atom is 0.273 e. The maximum absolute atomic E-state index is 11.5. The lowest BCUT2D eigenvalue weighted by Crippen LogP contribution is -2.32. The number of anilines is 1. The zero-order valence-corrected chi connectivity index (χ0v) is 7.78. The molecule has 7 heteroatoms. The second-order valence-corrected chi connectivity index (χ2v) is 3.02. The van der Waals surface area contributed by atoms with Crippen molar-refractivity contribution in [3.63, 3.8) is 0 Å². The molecule has 0 fully saturated rings. The maximum atomic E-state index is 11.5. The fourth-order valence-corrected chi connectivity index (χ4v) is 1.16. The van der Waals surface area contributed by atoms with Crippen LogP contribution in [0.5, 0.6) is 0 Å². The van der Waals surface area contributed by atoms with Gasteiger partial charge in [-0.05, 0) is 0 Å². The van der Waals surface area contributed by atoms with E-state index in [1.165, 1.54) is 6.20 Å². The first kappa shape index (κ1) is 9.38. The summed E-state index contributed by atoms with van der Waals surface area (Å²) in [6, 6.07) is 1.62. The molecule has 3 N–H and O–H groups in total. The van der Waals surface area contributed by atoms with Gasteiger partial charge in [0.2, 0.25) is 5.91 Å². The summed E-state index contributed by atoms with van der Waals surface area (Å²) in [5, 5.41) is 12.5. The highest BCUT2D eigenvalue weighted by atomic mass is 16.2. The Bertz CT molecular complexity index is 409. The second-order valence-electron chi connectivity index (χ2n) is 3.02. The van der Waals surface area contributed by atoms with E-state index in [1.54, 1.807) is 6.07 Å². The molecule has 0 radical (unpaired) electrons. The van der Waals surface area contributed by atoms with E-state index in [9.17, 15) is 9.59 Å². The molecule has 0 spiro atoms. The molecule has 1 aliphatic heterocycles. The van der Waals surface area contributed by atoms with Crippen molar-refractivity contribution in [2.24, 2.45) is 5.10 Å². The van der Waals surface area contributed by atoms with E-state index in [2.05, 4.69) is 26.0 Å². The van der Waals surface area contributed by atoms with E-state index in [0.717, 1.165) is 0 Å². The highest BCUT2D eigenvalue weighted by molar-refractivity contribution is 6.43. The van der Waals surface area contributed by atoms with Crippen molar-refractivity contribution in [3.05, 3.63) is 12.3 Å². The largest absolute Gasteiger partial charge is 0.306 e. The first-order valence-corrected chi connectivity index (χ1v) is 4.42. The summed E-state index contributed by atoms with van der Waals surface area (Å²) in [5.74, 6) is -0.00746. The minimum absolute atomic E-state index is 0.173. The van der Waals surface area contributed by atoms with Crippen molar-refractivity contribution in [1.82, 2.24) is 15.6 Å². The molecule has 0 saturated heterocycles. The van der Waals surface area contributed by atoms with E-state index in [4.69, 9.17) is 0 Å². The molecule has 0 atom stereocenters. The SMILES string of the molecule is O=C1CCC(C(=O)Nc2ccn[nH]2)=NN1. The van der Waals surface area contributed by atoms with Gasteiger partial charge in [0, 0.05) is 18.9 Å². The molecular weight excluding hydrogens is 198 g/mol. The fourth-order valence-electron chi connectivity index (χ4n) is 1.16. The Balaban J connectivity index is 2.00. The summed E-state index contributed by atoms with van der Waals surface area (Å²) in [6.45, 7) is 0. The summed E-state index contributed by atoms with van der Waals surface area (Å²) in [5.41, 5.74) is 2.56. The fraction of sp³-hybridized carbons (Fsp3) is 0.250. The first-order chi connectivity index (χ1) is 7.25. The molecule has 0 saturated carbocycles. The van der Waals surface area contributed by atoms with Crippen molar-refractivity contribution < 1.29 is 9.59 Å². The third-order valence-corrected chi connectivity index (χ3v) is 1.92. The van der Waals surface area contributed by atoms with Crippen LogP contribution >= 0.6 is 0 Å². The lowest BCUT2D eigenvalue weighted by Gasteiger charge is -2.10. The number of carbonyl (C=O) groups is 2. The van der Waals surface area contributed by atoms with Crippen molar-refractivity contribution >= 4 is 23.3 Å². The summed E-state index contributed by atoms with van der Waals surface area (Å²) in [6.07, 6.45) is 2.17. The number of nitrogens with one attached hydrogen (secondary N) is 3. The van der Waals surface area contributed by atoms with Gasteiger partial charge in [-0.15, -0.1) is 0 Å². The van der Waals surface area contributed by atoms with Crippen LogP contribution in [0.4, 0.5) is 5.82 Å². The van der Waals surface area contributed by atoms with Crippen LogP contribution in [0.2, 0.25) is 0 Å². The Morgan fingerprint density at radius 1 is 1.47 bits per heavy atom. The Hall–Kier alpha value is -2.18. The zero-order chi connectivity index (χ0) is 10.7. The molecule has 1 aliphatic rings. The minimum Gasteiger partial charge on any atom is -0.306 e. The van der Waals surface area contributed by atoms with E-state index in [1.807, 2.05) is 0 Å². The van der Waals surface area contributed by atoms with Gasteiger partial charge in [0.15, 0.2) is 0 Å². The Morgan fingerprint density at radius 2 is 2.33 bits per heavy atom. The Kier molecular flexibility index (Phi) is 2.44. The molecule has 7 nitrogen and oxygen atoms in total. The predicted octanol–water partition coefficient (Wildman–Crippen LogP) is -0.386. The summed E-state index contributed by atoms with van der Waals surface area (Å²) in [4.78, 5) is 22.3. The molecule has 1 aromatic rings. The van der Waals surface area contributed by atoms with Crippen molar-refractivity contribution in [1.29, 1.82) is 0 Å². The molecule has 0 aliphatic carbocycles. The number of aromatic nitrogens is 2. The summed E-state index contributed by atoms with van der Waals surface area (Å²) in [7, 11) is 0. The molecule has 0 unspecified atom stereocenters. The molecule has 2 rings (SSSR count). The quantitative estimate of drug-likeness (QED) is 0.616. The Labute approximate surface area is 84.9 Å². The molecule has 0 bridgehead atoms. The topological polar surface area (TPSA) is 99.2 Å². The number of hydrogen-bond donors (Lipinski definition) is 3. The number of nitrogens with zero attached hydrogens (tertiary/aromatic N) is 2. The van der Waals surface area contributed by atoms with Gasteiger partial charge in [0.25, 0.3) is 5.91 Å². The van der Waals surface area contributed by atoms with Crippen molar-refractivity contribution in [2.75, 3.05) is 5.32 Å². The number of hydrogen-bond acceptors (Lipinski definition) is 4. The van der Waals surface area contributed by atoms with Crippen LogP contribution < -0.4 is 10.7 Å². The number of amides is 2. The lowest BCUT2D eigenvalue weighted by molar-refractivity contribution is -0.121. The van der Waals surface area contributed by atoms with Gasteiger partial charge >= 0.3 is 0 Å². The smallest absolute Gasteiger partial charge is 0.273 e. The van der Waals surface area contributed by atoms with Gasteiger partial charge in [-0.2, -0.15) is 10.2 Å². The van der Waals surface area contributed by atoms with Crippen LogP contribution in [-0.2, 0) is 9.59 Å². The number of H-pyrrole nitrogens is 1. The van der Waals surface area contributed by atoms with Gasteiger partial charge in [0.05, 0.1) is 6.20 Å². The Morgan fingerprint density at radius 3 is 2.93 bits per heavy atom. The van der Waals surface area contributed by atoms with Crippen LogP contribution in [-0.4, -0.2) is 27.7 Å². The van der Waals surface area contributed by atoms with E-state index in [-0.39, 0.29) is 18.2 Å². The number of carbonyl (C=O) groups excluding carboxylic acids is 2. The van der Waals surface area contributed by atoms with Crippen LogP contribution in [0.3, 0.4) is 0 Å². The van der Waals surface area contributed by atoms with E-state index in [0.29, 0.717) is 18.0 Å². The standard InChI is InChI=1S/C8H9N5O2/c14-7-2-1-5(11-13-7)8(15)10-6-3-4-9-12-6/h3-4H,1-2H2,(H,13,14)(H2,9,10,12,15). The van der Waals surface area contributed by atoms with Gasteiger partial charge in [-0.25, -0.2) is 5.43 Å². The van der Waals surface area contributed by atoms with Gasteiger partial charge in [-0.3, -0.25) is 14.7 Å². The second kappa shape index (κ2) is 3.91. The van der Waals surface area contributed by atoms with E-state index < -0.39 is 0 Å². The summed E-state index contributed by atoms with van der Waals surface area (Å²) >= 11 is 0. The lowest BCUT2D eigenvalue weighted by atomic mass is 10.1. The van der Waals surface area contributed by atoms with E-state index >= 15 is 0 Å². The summed E-state index contributed by atoms with van der Waals surface area (Å²) < 4.78 is 0. The monoisotopic (exact) mass is 207 g/mol. The van der Waals surface area contributed by atoms with Crippen LogP contribution in [0.25, 0.3) is 0 Å². The van der Waals surface area contributed by atoms with Gasteiger partial charge in [0.1, 0.15) is 11.5 Å². The van der Waals surface area contributed by atoms with Crippen molar-refractivity contribution in [2.45, 2.75) is 12.8 Å².